The molecule has 0 N–H and O–H groups in total. The van der Waals surface area contributed by atoms with Crippen LogP contribution in [0.4, 0.5) is 0 Å². The molecule has 0 bridgehead atoms. The fraction of sp³-hybridized carbons (Fsp3) is 0.500. The summed E-state index contributed by atoms with van der Waals surface area (Å²) in [7, 11) is 3.97. The molecule has 0 aliphatic rings. The third-order valence-electron chi connectivity index (χ3n) is 2.39. The van der Waals surface area contributed by atoms with Crippen LogP contribution in [0.5, 0.6) is 0 Å². The number of aromatic nitrogens is 3. The Morgan fingerprint density at radius 2 is 0.583 bits per heavy atom. The van der Waals surface area contributed by atoms with Crippen LogP contribution in [0.25, 0.3) is 0 Å². The van der Waals surface area contributed by atoms with Gasteiger partial charge in [-0.15, -0.1) is 0 Å². The average molecular weight is 339 g/mol. The van der Waals surface area contributed by atoms with Crippen LogP contribution < -0.4 is 17.1 Å². The highest BCUT2D eigenvalue weighted by Gasteiger charge is 2.05. The first kappa shape index (κ1) is 26.5. The predicted octanol–water partition coefficient (Wildman–Crippen LogP) is 2.55. The lowest BCUT2D eigenvalue weighted by Gasteiger charge is -2.02. The highest BCUT2D eigenvalue weighted by molar-refractivity contribution is 4.99. The Kier molecular flexibility index (Phi) is 18.8. The van der Waals surface area contributed by atoms with Crippen LogP contribution in [-0.2, 0) is 21.1 Å². The Hall–Kier alpha value is -2.37. The van der Waals surface area contributed by atoms with Crippen molar-refractivity contribution in [3.63, 3.8) is 0 Å². The Bertz CT molecular complexity index is 555. The zero-order valence-corrected chi connectivity index (χ0v) is 16.5. The molecule has 1 aromatic carbocycles. The summed E-state index contributed by atoms with van der Waals surface area (Å²) in [5, 5.41) is 0. The molecule has 1 heterocycles. The zero-order chi connectivity index (χ0) is 19.7. The quantitative estimate of drug-likeness (QED) is 0.741. The molecule has 0 spiro atoms. The van der Waals surface area contributed by atoms with Gasteiger partial charge >= 0.3 is 17.1 Å². The highest BCUT2D eigenvalue weighted by Crippen LogP contribution is 1.79. The van der Waals surface area contributed by atoms with Gasteiger partial charge in [0, 0.05) is 21.1 Å². The molecule has 0 amide bonds. The second-order valence-electron chi connectivity index (χ2n) is 3.68. The van der Waals surface area contributed by atoms with Gasteiger partial charge in [-0.05, 0) is 0 Å². The van der Waals surface area contributed by atoms with Crippen molar-refractivity contribution in [2.24, 2.45) is 21.1 Å². The van der Waals surface area contributed by atoms with Crippen LogP contribution in [0.2, 0.25) is 0 Å². The Balaban J connectivity index is -0.000000309. The first-order chi connectivity index (χ1) is 11.5. The van der Waals surface area contributed by atoms with Crippen molar-refractivity contribution >= 4 is 0 Å². The number of hydrogen-bond donors (Lipinski definition) is 0. The van der Waals surface area contributed by atoms with Gasteiger partial charge in [-0.1, -0.05) is 77.9 Å². The summed E-state index contributed by atoms with van der Waals surface area (Å²) in [4.78, 5) is 33.2. The van der Waals surface area contributed by atoms with E-state index in [1.807, 2.05) is 77.9 Å². The smallest absolute Gasteiger partial charge is 0.248 e. The van der Waals surface area contributed by atoms with E-state index in [2.05, 4.69) is 0 Å². The first-order valence-corrected chi connectivity index (χ1v) is 8.30. The lowest BCUT2D eigenvalue weighted by atomic mass is 10.4. The van der Waals surface area contributed by atoms with Crippen LogP contribution in [-0.4, -0.2) is 13.7 Å². The van der Waals surface area contributed by atoms with Crippen LogP contribution in [0.15, 0.2) is 50.8 Å². The molecule has 24 heavy (non-hydrogen) atoms. The van der Waals surface area contributed by atoms with Gasteiger partial charge < -0.3 is 0 Å². The summed E-state index contributed by atoms with van der Waals surface area (Å²) >= 11 is 0. The number of hydrogen-bond acceptors (Lipinski definition) is 3. The lowest BCUT2D eigenvalue weighted by Crippen LogP contribution is -2.51. The molecule has 6 nitrogen and oxygen atoms in total. The standard InChI is InChI=1S/C6H9N3O3.C6H6.3C2H6/c1-7-4(10)8(2)6(12)9(3)5(7)11;1-2-4-6-5-3-1;3*1-2/h1-3H3;1-6H;3*1-2H3. The van der Waals surface area contributed by atoms with Crippen molar-refractivity contribution in [3.8, 4) is 0 Å². The molecule has 138 valence electrons. The molecule has 0 fully saturated rings. The first-order valence-electron chi connectivity index (χ1n) is 8.30. The van der Waals surface area contributed by atoms with Gasteiger partial charge in [-0.25, -0.2) is 28.1 Å². The van der Waals surface area contributed by atoms with Crippen molar-refractivity contribution in [3.05, 3.63) is 67.9 Å². The minimum Gasteiger partial charge on any atom is -0.248 e. The van der Waals surface area contributed by atoms with Crippen molar-refractivity contribution < 1.29 is 0 Å². The van der Waals surface area contributed by atoms with Crippen molar-refractivity contribution in [1.82, 2.24) is 13.7 Å². The number of rotatable bonds is 0. The molecule has 2 aromatic rings. The van der Waals surface area contributed by atoms with Crippen LogP contribution >= 0.6 is 0 Å². The molecular weight excluding hydrogens is 306 g/mol. The molecule has 0 unspecified atom stereocenters. The van der Waals surface area contributed by atoms with Gasteiger partial charge in [0.05, 0.1) is 0 Å². The van der Waals surface area contributed by atoms with E-state index in [1.165, 1.54) is 21.1 Å². The normalized spacial score (nSPS) is 7.88. The van der Waals surface area contributed by atoms with E-state index in [1.54, 1.807) is 0 Å². The Labute approximate surface area is 145 Å². The molecular formula is C18H33N3O3. The summed E-state index contributed by atoms with van der Waals surface area (Å²) in [5.41, 5.74) is -1.82. The molecule has 0 radical (unpaired) electrons. The minimum atomic E-state index is -0.608. The van der Waals surface area contributed by atoms with E-state index in [0.717, 1.165) is 13.7 Å². The number of nitrogens with zero attached hydrogens (tertiary/aromatic N) is 3. The van der Waals surface area contributed by atoms with E-state index < -0.39 is 17.1 Å². The van der Waals surface area contributed by atoms with Gasteiger partial charge in [0.25, 0.3) is 0 Å². The predicted molar refractivity (Wildman–Crippen MR) is 103 cm³/mol. The molecule has 0 saturated carbocycles. The summed E-state index contributed by atoms with van der Waals surface area (Å²) in [6, 6.07) is 12.0. The maximum atomic E-state index is 11.1. The maximum Gasteiger partial charge on any atom is 0.335 e. The van der Waals surface area contributed by atoms with Crippen LogP contribution in [0.3, 0.4) is 0 Å². The third-order valence-corrected chi connectivity index (χ3v) is 2.39. The SMILES string of the molecule is CC.CC.CC.Cn1c(=O)n(C)c(=O)n(C)c1=O.c1ccccc1. The molecule has 1 aromatic heterocycles. The second kappa shape index (κ2) is 17.0. The van der Waals surface area contributed by atoms with E-state index in [4.69, 9.17) is 0 Å². The zero-order valence-electron chi connectivity index (χ0n) is 16.5. The van der Waals surface area contributed by atoms with Gasteiger partial charge in [0.1, 0.15) is 0 Å². The maximum absolute atomic E-state index is 11.1. The molecule has 2 rings (SSSR count). The summed E-state index contributed by atoms with van der Waals surface area (Å²) in [6.07, 6.45) is 0. The van der Waals surface area contributed by atoms with Gasteiger partial charge in [0.2, 0.25) is 0 Å². The molecule has 0 atom stereocenters. The van der Waals surface area contributed by atoms with E-state index >= 15 is 0 Å². The van der Waals surface area contributed by atoms with Gasteiger partial charge in [0.15, 0.2) is 0 Å². The largest absolute Gasteiger partial charge is 0.335 e. The topological polar surface area (TPSA) is 66.0 Å². The fourth-order valence-corrected chi connectivity index (χ4v) is 1.31. The number of benzene rings is 1. The summed E-state index contributed by atoms with van der Waals surface area (Å²) < 4.78 is 2.63. The minimum absolute atomic E-state index is 0.608. The highest BCUT2D eigenvalue weighted by atomic mass is 16.2. The van der Waals surface area contributed by atoms with E-state index in [0.29, 0.717) is 0 Å². The fourth-order valence-electron chi connectivity index (χ4n) is 1.31. The van der Waals surface area contributed by atoms with Crippen molar-refractivity contribution in [2.45, 2.75) is 41.5 Å². The molecule has 6 heteroatoms. The average Bonchev–Trinajstić information content (AvgIpc) is 2.70. The van der Waals surface area contributed by atoms with Gasteiger partial charge in [-0.3, -0.25) is 0 Å². The monoisotopic (exact) mass is 339 g/mol. The van der Waals surface area contributed by atoms with Crippen LogP contribution in [0.1, 0.15) is 41.5 Å². The third kappa shape index (κ3) is 8.92. The second-order valence-corrected chi connectivity index (χ2v) is 3.68. The lowest BCUT2D eigenvalue weighted by molar-refractivity contribution is 0.551. The van der Waals surface area contributed by atoms with E-state index in [-0.39, 0.29) is 0 Å². The Morgan fingerprint density at radius 3 is 0.708 bits per heavy atom. The molecule has 0 aliphatic carbocycles. The summed E-state index contributed by atoms with van der Waals surface area (Å²) in [6.45, 7) is 12.0. The van der Waals surface area contributed by atoms with Crippen LogP contribution in [0, 0.1) is 0 Å². The van der Waals surface area contributed by atoms with Crippen molar-refractivity contribution in [1.29, 1.82) is 0 Å². The molecule has 0 saturated heterocycles. The molecule has 0 aliphatic heterocycles. The van der Waals surface area contributed by atoms with E-state index in [9.17, 15) is 14.4 Å². The summed E-state index contributed by atoms with van der Waals surface area (Å²) in [5.74, 6) is 0. The Morgan fingerprint density at radius 1 is 0.458 bits per heavy atom. The van der Waals surface area contributed by atoms with Crippen molar-refractivity contribution in [2.75, 3.05) is 0 Å². The van der Waals surface area contributed by atoms with Gasteiger partial charge in [-0.2, -0.15) is 0 Å².